The zero-order valence-electron chi connectivity index (χ0n) is 15.8. The van der Waals surface area contributed by atoms with Crippen LogP contribution >= 0.6 is 23.5 Å². The van der Waals surface area contributed by atoms with Gasteiger partial charge < -0.3 is 0 Å². The monoisotopic (exact) mass is 404 g/mol. The summed E-state index contributed by atoms with van der Waals surface area (Å²) in [5.74, 6) is 0. The molecular formula is C26H17BS2. The predicted octanol–water partition coefficient (Wildman–Crippen LogP) is 5.24. The summed E-state index contributed by atoms with van der Waals surface area (Å²) in [6.07, 6.45) is 7.05. The molecule has 0 N–H and O–H groups in total. The number of hydrogen-bond acceptors (Lipinski definition) is 2. The lowest BCUT2D eigenvalue weighted by molar-refractivity contribution is 0.984. The van der Waals surface area contributed by atoms with Gasteiger partial charge in [-0.2, -0.15) is 0 Å². The Hall–Kier alpha value is -2.36. The van der Waals surface area contributed by atoms with Crippen molar-refractivity contribution in [1.29, 1.82) is 0 Å². The molecule has 0 radical (unpaired) electrons. The Kier molecular flexibility index (Phi) is 3.44. The average Bonchev–Trinajstić information content (AvgIpc) is 2.77. The zero-order chi connectivity index (χ0) is 18.9. The van der Waals surface area contributed by atoms with E-state index in [0.29, 0.717) is 6.71 Å². The maximum atomic E-state index is 2.45. The molecule has 29 heavy (non-hydrogen) atoms. The largest absolute Gasteiger partial charge is 0.247 e. The molecule has 2 heterocycles. The molecule has 0 spiro atoms. The van der Waals surface area contributed by atoms with Gasteiger partial charge in [-0.25, -0.2) is 0 Å². The van der Waals surface area contributed by atoms with Crippen molar-refractivity contribution < 1.29 is 0 Å². The van der Waals surface area contributed by atoms with E-state index in [2.05, 4.69) is 78.9 Å². The summed E-state index contributed by atoms with van der Waals surface area (Å²) in [6.45, 7) is 0.330. The van der Waals surface area contributed by atoms with Gasteiger partial charge in [0.05, 0.1) is 0 Å². The molecule has 0 nitrogen and oxygen atoms in total. The maximum Gasteiger partial charge on any atom is 0.247 e. The molecule has 2 aliphatic heterocycles. The zero-order valence-corrected chi connectivity index (χ0v) is 17.4. The van der Waals surface area contributed by atoms with Crippen molar-refractivity contribution in [2.45, 2.75) is 32.4 Å². The Balaban J connectivity index is 1.59. The fourth-order valence-corrected chi connectivity index (χ4v) is 7.59. The molecule has 0 saturated heterocycles. The normalized spacial score (nSPS) is 15.5. The first-order valence-corrected chi connectivity index (χ1v) is 11.8. The Morgan fingerprint density at radius 3 is 2.31 bits per heavy atom. The highest BCUT2D eigenvalue weighted by molar-refractivity contribution is 8.01. The molecule has 0 aromatic heterocycles. The minimum atomic E-state index is 0.330. The van der Waals surface area contributed by atoms with Gasteiger partial charge in [0.25, 0.3) is 0 Å². The lowest BCUT2D eigenvalue weighted by atomic mass is 9.35. The molecule has 4 aromatic carbocycles. The van der Waals surface area contributed by atoms with Gasteiger partial charge in [-0.15, -0.1) is 0 Å². The molecule has 0 saturated carbocycles. The van der Waals surface area contributed by atoms with Crippen LogP contribution in [0, 0.1) is 0 Å². The van der Waals surface area contributed by atoms with E-state index in [4.69, 9.17) is 0 Å². The Morgan fingerprint density at radius 2 is 1.45 bits per heavy atom. The minimum Gasteiger partial charge on any atom is -0.0911 e. The van der Waals surface area contributed by atoms with Gasteiger partial charge in [-0.1, -0.05) is 83.6 Å². The first kappa shape index (κ1) is 16.4. The average molecular weight is 404 g/mol. The molecule has 1 aliphatic carbocycles. The molecule has 7 rings (SSSR count). The van der Waals surface area contributed by atoms with E-state index in [1.54, 1.807) is 0 Å². The van der Waals surface area contributed by atoms with E-state index in [0.717, 1.165) is 12.8 Å². The fraction of sp³-hybridized carbons (Fsp3) is 0.0769. The third-order valence-electron chi connectivity index (χ3n) is 6.43. The summed E-state index contributed by atoms with van der Waals surface area (Å²) >= 11 is 3.90. The van der Waals surface area contributed by atoms with Crippen LogP contribution in [0.2, 0.25) is 0 Å². The number of fused-ring (bicyclic) bond motifs is 7. The smallest absolute Gasteiger partial charge is 0.0911 e. The minimum absolute atomic E-state index is 0.330. The molecule has 0 bridgehead atoms. The fourth-order valence-electron chi connectivity index (χ4n) is 5.13. The molecule has 136 valence electrons. The van der Waals surface area contributed by atoms with E-state index in [1.165, 1.54) is 57.9 Å². The van der Waals surface area contributed by atoms with E-state index in [-0.39, 0.29) is 0 Å². The van der Waals surface area contributed by atoms with Gasteiger partial charge in [0, 0.05) is 19.6 Å². The number of rotatable bonds is 0. The highest BCUT2D eigenvalue weighted by Crippen LogP contribution is 2.40. The van der Waals surface area contributed by atoms with Crippen molar-refractivity contribution in [3.05, 3.63) is 83.9 Å². The van der Waals surface area contributed by atoms with Gasteiger partial charge in [0.2, 0.25) is 6.71 Å². The highest BCUT2D eigenvalue weighted by atomic mass is 32.2. The molecular weight excluding hydrogens is 387 g/mol. The SMILES string of the molecule is C1=Cc2c(ccc3c2B2c4cc5ccccc5cc4Sc4cccc(c42)S3)CC1. The van der Waals surface area contributed by atoms with Crippen LogP contribution in [0.15, 0.2) is 92.4 Å². The van der Waals surface area contributed by atoms with Crippen LogP contribution < -0.4 is 16.4 Å². The standard InChI is InChI=1S/C26H17BS2/c1-2-8-18-15-24-20(14-17(18)7-1)27-25-19-9-4-3-6-16(19)12-13-23(25)28-21-10-5-11-22(29-24)26(21)27/h1-2,4-5,7-15H,3,6H2. The van der Waals surface area contributed by atoms with E-state index in [9.17, 15) is 0 Å². The summed E-state index contributed by atoms with van der Waals surface area (Å²) in [6, 6.07) is 25.2. The third kappa shape index (κ3) is 2.32. The number of allylic oxidation sites excluding steroid dienone is 1. The van der Waals surface area contributed by atoms with Crippen LogP contribution in [0.4, 0.5) is 0 Å². The van der Waals surface area contributed by atoms with Crippen molar-refractivity contribution in [1.82, 2.24) is 0 Å². The second-order valence-corrected chi connectivity index (χ2v) is 10.2. The lowest BCUT2D eigenvalue weighted by Crippen LogP contribution is -2.59. The number of aryl methyl sites for hydroxylation is 1. The second-order valence-electron chi connectivity index (χ2n) is 8.03. The second kappa shape index (κ2) is 6.07. The molecule has 0 unspecified atom stereocenters. The number of hydrogen-bond donors (Lipinski definition) is 0. The third-order valence-corrected chi connectivity index (χ3v) is 8.74. The molecule has 0 fully saturated rings. The molecule has 0 amide bonds. The molecule has 0 atom stereocenters. The predicted molar refractivity (Wildman–Crippen MR) is 127 cm³/mol. The van der Waals surface area contributed by atoms with E-state index in [1.807, 2.05) is 23.5 Å². The Labute approximate surface area is 179 Å². The number of benzene rings is 4. The van der Waals surface area contributed by atoms with Crippen LogP contribution in [-0.2, 0) is 6.42 Å². The summed E-state index contributed by atoms with van der Waals surface area (Å²) < 4.78 is 0. The van der Waals surface area contributed by atoms with Crippen LogP contribution in [0.3, 0.4) is 0 Å². The molecule has 3 heteroatoms. The lowest BCUT2D eigenvalue weighted by Gasteiger charge is -2.35. The van der Waals surface area contributed by atoms with Crippen molar-refractivity contribution in [2.24, 2.45) is 0 Å². The van der Waals surface area contributed by atoms with Crippen molar-refractivity contribution >= 4 is 63.5 Å². The Morgan fingerprint density at radius 1 is 0.690 bits per heavy atom. The van der Waals surface area contributed by atoms with Gasteiger partial charge in [0.1, 0.15) is 0 Å². The van der Waals surface area contributed by atoms with E-state index >= 15 is 0 Å². The van der Waals surface area contributed by atoms with Crippen LogP contribution in [-0.4, -0.2) is 6.71 Å². The first-order chi connectivity index (χ1) is 14.4. The Bertz CT molecular complexity index is 1370. The topological polar surface area (TPSA) is 0 Å². The summed E-state index contributed by atoms with van der Waals surface area (Å²) in [4.78, 5) is 5.68. The summed E-state index contributed by atoms with van der Waals surface area (Å²) in [5, 5.41) is 2.67. The van der Waals surface area contributed by atoms with Gasteiger partial charge >= 0.3 is 0 Å². The highest BCUT2D eigenvalue weighted by Gasteiger charge is 2.39. The van der Waals surface area contributed by atoms with Crippen LogP contribution in [0.1, 0.15) is 17.5 Å². The maximum absolute atomic E-state index is 2.45. The van der Waals surface area contributed by atoms with Crippen molar-refractivity contribution in [2.75, 3.05) is 0 Å². The summed E-state index contributed by atoms with van der Waals surface area (Å²) in [7, 11) is 0. The summed E-state index contributed by atoms with van der Waals surface area (Å²) in [5.41, 5.74) is 7.50. The van der Waals surface area contributed by atoms with Gasteiger partial charge in [0.15, 0.2) is 0 Å². The molecule has 4 aromatic rings. The van der Waals surface area contributed by atoms with Crippen LogP contribution in [0.5, 0.6) is 0 Å². The van der Waals surface area contributed by atoms with Crippen molar-refractivity contribution in [3.8, 4) is 0 Å². The first-order valence-electron chi connectivity index (χ1n) is 10.2. The van der Waals surface area contributed by atoms with Gasteiger partial charge in [-0.3, -0.25) is 0 Å². The van der Waals surface area contributed by atoms with Crippen LogP contribution in [0.25, 0.3) is 16.8 Å². The van der Waals surface area contributed by atoms with E-state index < -0.39 is 0 Å². The van der Waals surface area contributed by atoms with Crippen molar-refractivity contribution in [3.63, 3.8) is 0 Å². The quantitative estimate of drug-likeness (QED) is 0.318. The van der Waals surface area contributed by atoms with Gasteiger partial charge in [-0.05, 0) is 69.9 Å². The molecule has 3 aliphatic rings.